The molecule has 174 valence electrons. The van der Waals surface area contributed by atoms with Gasteiger partial charge >= 0.3 is 0 Å². The number of rotatable bonds is 7. The summed E-state index contributed by atoms with van der Waals surface area (Å²) >= 11 is 6.02. The number of benzene rings is 2. The van der Waals surface area contributed by atoms with E-state index in [-0.39, 0.29) is 24.3 Å². The minimum atomic E-state index is -3.62. The Labute approximate surface area is 197 Å². The number of carbonyl (C=O) groups is 2. The van der Waals surface area contributed by atoms with Crippen LogP contribution < -0.4 is 5.32 Å². The number of ketones is 1. The summed E-state index contributed by atoms with van der Waals surface area (Å²) in [6.07, 6.45) is -0.191. The zero-order chi connectivity index (χ0) is 23.6. The van der Waals surface area contributed by atoms with Gasteiger partial charge in [-0.25, -0.2) is 8.42 Å². The number of carbonyl (C=O) groups excluding carboxylic acids is 2. The molecule has 1 amide bonds. The molecule has 1 aliphatic heterocycles. The number of aromatic amines is 1. The highest BCUT2D eigenvalue weighted by Gasteiger charge is 2.40. The maximum Gasteiger partial charge on any atom is 0.268 e. The predicted molar refractivity (Wildman–Crippen MR) is 127 cm³/mol. The average molecular weight is 489 g/mol. The van der Waals surface area contributed by atoms with Gasteiger partial charge < -0.3 is 15.4 Å². The molecule has 2 aromatic carbocycles. The lowest BCUT2D eigenvalue weighted by Crippen LogP contribution is -2.52. The van der Waals surface area contributed by atoms with Crippen LogP contribution in [0.2, 0.25) is 5.02 Å². The summed E-state index contributed by atoms with van der Waals surface area (Å²) in [6, 6.07) is 14.9. The highest BCUT2D eigenvalue weighted by molar-refractivity contribution is 7.92. The van der Waals surface area contributed by atoms with Gasteiger partial charge in [-0.1, -0.05) is 48.4 Å². The lowest BCUT2D eigenvalue weighted by Gasteiger charge is -2.28. The first-order chi connectivity index (χ1) is 15.7. The fourth-order valence-electron chi connectivity index (χ4n) is 4.24. The Morgan fingerprint density at radius 3 is 2.61 bits per heavy atom. The van der Waals surface area contributed by atoms with E-state index in [2.05, 4.69) is 10.3 Å². The molecule has 3 unspecified atom stereocenters. The first-order valence-corrected chi connectivity index (χ1v) is 12.9. The van der Waals surface area contributed by atoms with Crippen LogP contribution in [-0.4, -0.2) is 53.3 Å². The van der Waals surface area contributed by atoms with Crippen molar-refractivity contribution in [3.8, 4) is 0 Å². The number of Topliss-reactive ketones (excluding diaryl/α,β-unsaturated/α-hetero) is 1. The second-order valence-corrected chi connectivity index (χ2v) is 11.1. The average Bonchev–Trinajstić information content (AvgIpc) is 3.21. The second-order valence-electron chi connectivity index (χ2n) is 8.38. The quantitative estimate of drug-likeness (QED) is 0.472. The Morgan fingerprint density at radius 1 is 1.12 bits per heavy atom. The molecule has 0 saturated carbocycles. The van der Waals surface area contributed by atoms with Crippen molar-refractivity contribution >= 4 is 44.0 Å². The van der Waals surface area contributed by atoms with Gasteiger partial charge in [0.15, 0.2) is 15.6 Å². The number of H-pyrrole nitrogens is 1. The molecule has 0 aliphatic carbocycles. The largest absolute Gasteiger partial charge is 0.383 e. The first-order valence-electron chi connectivity index (χ1n) is 10.8. The maximum absolute atomic E-state index is 13.0. The number of amides is 1. The zero-order valence-corrected chi connectivity index (χ0v) is 19.4. The van der Waals surface area contributed by atoms with Crippen molar-refractivity contribution < 1.29 is 23.1 Å². The van der Waals surface area contributed by atoms with Gasteiger partial charge in [-0.05, 0) is 49.1 Å². The van der Waals surface area contributed by atoms with Gasteiger partial charge in [0.05, 0.1) is 11.8 Å². The van der Waals surface area contributed by atoms with E-state index in [1.807, 2.05) is 30.3 Å². The zero-order valence-electron chi connectivity index (χ0n) is 17.8. The van der Waals surface area contributed by atoms with Crippen LogP contribution in [0.1, 0.15) is 35.3 Å². The molecule has 9 heteroatoms. The van der Waals surface area contributed by atoms with E-state index < -0.39 is 38.9 Å². The van der Waals surface area contributed by atoms with Crippen molar-refractivity contribution in [3.05, 3.63) is 70.9 Å². The van der Waals surface area contributed by atoms with Gasteiger partial charge in [0.1, 0.15) is 17.0 Å². The predicted octanol–water partition coefficient (Wildman–Crippen LogP) is 3.06. The number of aliphatic hydroxyl groups is 1. The van der Waals surface area contributed by atoms with Crippen LogP contribution in [0.3, 0.4) is 0 Å². The Morgan fingerprint density at radius 2 is 1.88 bits per heavy atom. The Balaban J connectivity index is 1.59. The van der Waals surface area contributed by atoms with Crippen molar-refractivity contribution in [3.63, 3.8) is 0 Å². The van der Waals surface area contributed by atoms with Crippen molar-refractivity contribution in [2.45, 2.75) is 43.1 Å². The third-order valence-electron chi connectivity index (χ3n) is 6.01. The van der Waals surface area contributed by atoms with Crippen LogP contribution >= 0.6 is 11.6 Å². The van der Waals surface area contributed by atoms with Gasteiger partial charge in [0, 0.05) is 15.9 Å². The van der Waals surface area contributed by atoms with E-state index in [4.69, 9.17) is 11.6 Å². The van der Waals surface area contributed by atoms with Gasteiger partial charge in [-0.3, -0.25) is 9.59 Å². The van der Waals surface area contributed by atoms with E-state index in [1.54, 1.807) is 24.3 Å². The van der Waals surface area contributed by atoms with Gasteiger partial charge in [-0.15, -0.1) is 0 Å². The van der Waals surface area contributed by atoms with Crippen molar-refractivity contribution in [2.75, 3.05) is 5.75 Å². The van der Waals surface area contributed by atoms with Gasteiger partial charge in [-0.2, -0.15) is 0 Å². The molecule has 1 aliphatic rings. The molecule has 1 saturated heterocycles. The monoisotopic (exact) mass is 488 g/mol. The molecule has 0 spiro atoms. The van der Waals surface area contributed by atoms with Crippen molar-refractivity contribution in [1.82, 2.24) is 10.3 Å². The lowest BCUT2D eigenvalue weighted by atomic mass is 9.95. The fraction of sp³-hybridized carbons (Fsp3) is 0.333. The van der Waals surface area contributed by atoms with Crippen LogP contribution in [0.25, 0.3) is 10.9 Å². The summed E-state index contributed by atoms with van der Waals surface area (Å²) in [7, 11) is -3.62. The van der Waals surface area contributed by atoms with Crippen molar-refractivity contribution in [2.24, 2.45) is 0 Å². The molecule has 1 aromatic heterocycles. The van der Waals surface area contributed by atoms with Crippen LogP contribution in [0, 0.1) is 0 Å². The molecule has 3 atom stereocenters. The first kappa shape index (κ1) is 23.5. The molecular formula is C24H25ClN2O5S. The topological polar surface area (TPSA) is 116 Å². The van der Waals surface area contributed by atoms with E-state index >= 15 is 0 Å². The van der Waals surface area contributed by atoms with Crippen LogP contribution in [0.15, 0.2) is 54.6 Å². The normalized spacial score (nSPS) is 19.6. The number of aromatic nitrogens is 1. The SMILES string of the molecule is O=C(NC(Cc1ccccc1)C(O)C(=O)C1CCCCS1(=O)=O)c1cc2cc(Cl)ccc2[nH]1. The lowest BCUT2D eigenvalue weighted by molar-refractivity contribution is -0.128. The van der Waals surface area contributed by atoms with Crippen LogP contribution in [0.5, 0.6) is 0 Å². The number of sulfone groups is 1. The highest BCUT2D eigenvalue weighted by atomic mass is 35.5. The minimum Gasteiger partial charge on any atom is -0.383 e. The molecule has 3 aromatic rings. The second kappa shape index (κ2) is 9.67. The summed E-state index contributed by atoms with van der Waals surface area (Å²) in [5.74, 6) is -1.34. The third kappa shape index (κ3) is 5.29. The van der Waals surface area contributed by atoms with Crippen LogP contribution in [0.4, 0.5) is 0 Å². The van der Waals surface area contributed by atoms with Crippen molar-refractivity contribution in [1.29, 1.82) is 0 Å². The summed E-state index contributed by atoms with van der Waals surface area (Å²) in [4.78, 5) is 29.1. The number of nitrogens with one attached hydrogen (secondary N) is 2. The van der Waals surface area contributed by atoms with Gasteiger partial charge in [0.25, 0.3) is 5.91 Å². The highest BCUT2D eigenvalue weighted by Crippen LogP contribution is 2.23. The molecule has 0 bridgehead atoms. The van der Waals surface area contributed by atoms with E-state index in [1.165, 1.54) is 0 Å². The smallest absolute Gasteiger partial charge is 0.268 e. The Kier molecular flexibility index (Phi) is 6.88. The summed E-state index contributed by atoms with van der Waals surface area (Å²) in [6.45, 7) is 0. The Hall–Kier alpha value is -2.68. The third-order valence-corrected chi connectivity index (χ3v) is 8.44. The number of hydrogen-bond acceptors (Lipinski definition) is 5. The Bertz CT molecular complexity index is 1270. The number of hydrogen-bond donors (Lipinski definition) is 3. The standard InChI is InChI=1S/C24H25ClN2O5S/c25-17-9-10-18-16(13-17)14-20(26-18)24(30)27-19(12-15-6-2-1-3-7-15)22(28)23(29)21-8-4-5-11-33(21,31)32/h1-3,6-7,9-10,13-14,19,21-22,26,28H,4-5,8,11-12H2,(H,27,30). The molecule has 4 rings (SSSR count). The summed E-state index contributed by atoms with van der Waals surface area (Å²) in [5, 5.41) is 13.7. The fourth-order valence-corrected chi connectivity index (χ4v) is 6.34. The molecule has 7 nitrogen and oxygen atoms in total. The van der Waals surface area contributed by atoms with E-state index in [0.717, 1.165) is 10.9 Å². The number of halogens is 1. The van der Waals surface area contributed by atoms with Gasteiger partial charge in [0.2, 0.25) is 0 Å². The van der Waals surface area contributed by atoms with Crippen LogP contribution in [-0.2, 0) is 21.1 Å². The number of aliphatic hydroxyl groups excluding tert-OH is 1. The minimum absolute atomic E-state index is 0.0660. The summed E-state index contributed by atoms with van der Waals surface area (Å²) < 4.78 is 24.9. The number of fused-ring (bicyclic) bond motifs is 1. The van der Waals surface area contributed by atoms with E-state index in [0.29, 0.717) is 23.4 Å². The molecule has 33 heavy (non-hydrogen) atoms. The molecule has 0 radical (unpaired) electrons. The van der Waals surface area contributed by atoms with E-state index in [9.17, 15) is 23.1 Å². The molecular weight excluding hydrogens is 464 g/mol. The summed E-state index contributed by atoms with van der Waals surface area (Å²) in [5.41, 5.74) is 1.76. The molecule has 1 fully saturated rings. The molecule has 3 N–H and O–H groups in total. The molecule has 2 heterocycles. The maximum atomic E-state index is 13.0.